The number of hydrogen-bond acceptors (Lipinski definition) is 6. The summed E-state index contributed by atoms with van der Waals surface area (Å²) in [6.07, 6.45) is 0. The standard InChI is InChI=1S/C19H20ClN3O3S/c1-22(11-13-4-7-15(20)8-5-13)12-23-19(27)26-18(21-23)14-6-9-16(24-2)17(10-14)25-3/h4-10H,11-12H2,1-3H3. The maximum absolute atomic E-state index is 5.93. The van der Waals surface area contributed by atoms with E-state index in [1.807, 2.05) is 37.4 Å². The van der Waals surface area contributed by atoms with Crippen molar-refractivity contribution in [3.05, 3.63) is 57.9 Å². The minimum absolute atomic E-state index is 0.308. The van der Waals surface area contributed by atoms with Crippen LogP contribution in [0, 0.1) is 4.84 Å². The number of hydrogen-bond donors (Lipinski definition) is 0. The number of methoxy groups -OCH3 is 2. The van der Waals surface area contributed by atoms with Crippen LogP contribution in [0.2, 0.25) is 5.02 Å². The van der Waals surface area contributed by atoms with Gasteiger partial charge in [0.1, 0.15) is 0 Å². The van der Waals surface area contributed by atoms with E-state index >= 15 is 0 Å². The van der Waals surface area contributed by atoms with Crippen LogP contribution in [0.15, 0.2) is 46.9 Å². The van der Waals surface area contributed by atoms with Gasteiger partial charge >= 0.3 is 0 Å². The van der Waals surface area contributed by atoms with E-state index in [2.05, 4.69) is 10.00 Å². The third-order valence-corrected chi connectivity index (χ3v) is 4.52. The highest BCUT2D eigenvalue weighted by atomic mass is 35.5. The Balaban J connectivity index is 1.76. The molecule has 1 aromatic heterocycles. The van der Waals surface area contributed by atoms with E-state index in [1.165, 1.54) is 0 Å². The number of rotatable bonds is 7. The number of nitrogens with zero attached hydrogens (tertiary/aromatic N) is 3. The molecule has 0 unspecified atom stereocenters. The molecular weight excluding hydrogens is 386 g/mol. The van der Waals surface area contributed by atoms with E-state index in [4.69, 9.17) is 37.7 Å². The fourth-order valence-corrected chi connectivity index (χ4v) is 2.97. The zero-order chi connectivity index (χ0) is 19.4. The molecule has 0 N–H and O–H groups in total. The van der Waals surface area contributed by atoms with Gasteiger partial charge in [-0.25, -0.2) is 4.68 Å². The molecule has 0 aliphatic carbocycles. The van der Waals surface area contributed by atoms with Gasteiger partial charge in [-0.15, -0.1) is 5.10 Å². The molecule has 0 radical (unpaired) electrons. The van der Waals surface area contributed by atoms with Crippen molar-refractivity contribution in [2.75, 3.05) is 21.3 Å². The van der Waals surface area contributed by atoms with E-state index in [-0.39, 0.29) is 0 Å². The molecule has 0 bridgehead atoms. The smallest absolute Gasteiger partial charge is 0.288 e. The highest BCUT2D eigenvalue weighted by Gasteiger charge is 2.13. The summed E-state index contributed by atoms with van der Waals surface area (Å²) in [7, 11) is 5.16. The lowest BCUT2D eigenvalue weighted by Crippen LogP contribution is -2.22. The summed E-state index contributed by atoms with van der Waals surface area (Å²) >= 11 is 11.2. The molecule has 8 heteroatoms. The first-order valence-corrected chi connectivity index (χ1v) is 9.02. The van der Waals surface area contributed by atoms with Gasteiger partial charge in [0.25, 0.3) is 4.84 Å². The van der Waals surface area contributed by atoms with Crippen LogP contribution in [0.5, 0.6) is 11.5 Å². The maximum Gasteiger partial charge on any atom is 0.288 e. The van der Waals surface area contributed by atoms with Gasteiger partial charge in [-0.1, -0.05) is 23.7 Å². The molecule has 0 spiro atoms. The van der Waals surface area contributed by atoms with E-state index in [0.717, 1.165) is 22.7 Å². The van der Waals surface area contributed by atoms with Crippen LogP contribution in [0.3, 0.4) is 0 Å². The molecular formula is C19H20ClN3O3S. The lowest BCUT2D eigenvalue weighted by Gasteiger charge is -2.15. The first-order chi connectivity index (χ1) is 13.0. The van der Waals surface area contributed by atoms with Gasteiger partial charge in [0.2, 0.25) is 5.89 Å². The van der Waals surface area contributed by atoms with Crippen molar-refractivity contribution in [2.24, 2.45) is 0 Å². The van der Waals surface area contributed by atoms with Crippen LogP contribution in [-0.2, 0) is 13.2 Å². The minimum Gasteiger partial charge on any atom is -0.493 e. The van der Waals surface area contributed by atoms with Gasteiger partial charge in [0.05, 0.1) is 20.9 Å². The van der Waals surface area contributed by atoms with Crippen molar-refractivity contribution in [1.29, 1.82) is 0 Å². The Morgan fingerprint density at radius 2 is 1.81 bits per heavy atom. The van der Waals surface area contributed by atoms with Crippen molar-refractivity contribution < 1.29 is 13.9 Å². The molecule has 6 nitrogen and oxygen atoms in total. The summed E-state index contributed by atoms with van der Waals surface area (Å²) in [4.78, 5) is 2.39. The zero-order valence-electron chi connectivity index (χ0n) is 15.3. The SMILES string of the molecule is COc1ccc(-c2nn(CN(C)Cc3ccc(Cl)cc3)c(=S)o2)cc1OC. The summed E-state index contributed by atoms with van der Waals surface area (Å²) in [5, 5.41) is 5.22. The lowest BCUT2D eigenvalue weighted by atomic mass is 10.2. The lowest BCUT2D eigenvalue weighted by molar-refractivity contribution is 0.240. The molecule has 3 aromatic rings. The fourth-order valence-electron chi connectivity index (χ4n) is 2.66. The first-order valence-electron chi connectivity index (χ1n) is 8.23. The van der Waals surface area contributed by atoms with Gasteiger partial charge in [-0.05, 0) is 55.2 Å². The van der Waals surface area contributed by atoms with Gasteiger partial charge in [0.15, 0.2) is 11.5 Å². The molecule has 0 saturated carbocycles. The summed E-state index contributed by atoms with van der Waals surface area (Å²) in [5.41, 5.74) is 1.91. The first kappa shape index (κ1) is 19.4. The quantitative estimate of drug-likeness (QED) is 0.534. The van der Waals surface area contributed by atoms with Crippen molar-refractivity contribution in [2.45, 2.75) is 13.2 Å². The number of halogens is 1. The zero-order valence-corrected chi connectivity index (χ0v) is 16.9. The van der Waals surface area contributed by atoms with Gasteiger partial charge in [0, 0.05) is 17.1 Å². The number of benzene rings is 2. The Kier molecular flexibility index (Phi) is 6.15. The third-order valence-electron chi connectivity index (χ3n) is 3.98. The Morgan fingerprint density at radius 1 is 1.11 bits per heavy atom. The summed E-state index contributed by atoms with van der Waals surface area (Å²) < 4.78 is 17.9. The molecule has 0 atom stereocenters. The molecule has 0 amide bonds. The molecule has 3 rings (SSSR count). The predicted molar refractivity (Wildman–Crippen MR) is 107 cm³/mol. The van der Waals surface area contributed by atoms with Crippen LogP contribution in [0.4, 0.5) is 0 Å². The Bertz CT molecular complexity index is 969. The number of aromatic nitrogens is 2. The molecule has 0 fully saturated rings. The van der Waals surface area contributed by atoms with Crippen molar-refractivity contribution in [3.63, 3.8) is 0 Å². The largest absolute Gasteiger partial charge is 0.493 e. The normalized spacial score (nSPS) is 11.0. The third kappa shape index (κ3) is 4.68. The Hall–Kier alpha value is -2.35. The Morgan fingerprint density at radius 3 is 2.48 bits per heavy atom. The monoisotopic (exact) mass is 405 g/mol. The average molecular weight is 406 g/mol. The topological polar surface area (TPSA) is 52.7 Å². The van der Waals surface area contributed by atoms with Crippen LogP contribution in [0.25, 0.3) is 11.5 Å². The maximum atomic E-state index is 5.93. The fraction of sp³-hybridized carbons (Fsp3) is 0.263. The summed E-state index contributed by atoms with van der Waals surface area (Å²) in [6, 6.07) is 13.2. The van der Waals surface area contributed by atoms with Crippen molar-refractivity contribution in [1.82, 2.24) is 14.7 Å². The second-order valence-electron chi connectivity index (χ2n) is 6.02. The van der Waals surface area contributed by atoms with Crippen LogP contribution in [-0.4, -0.2) is 35.9 Å². The predicted octanol–water partition coefficient (Wildman–Crippen LogP) is 4.63. The molecule has 0 saturated heterocycles. The molecule has 142 valence electrons. The number of ether oxygens (including phenoxy) is 2. The van der Waals surface area contributed by atoms with E-state index < -0.39 is 0 Å². The van der Waals surface area contributed by atoms with Crippen LogP contribution >= 0.6 is 23.8 Å². The second-order valence-corrected chi connectivity index (χ2v) is 6.81. The molecule has 1 heterocycles. The molecule has 0 aliphatic rings. The molecule has 0 aliphatic heterocycles. The molecule has 2 aromatic carbocycles. The van der Waals surface area contributed by atoms with Crippen molar-refractivity contribution in [3.8, 4) is 23.0 Å². The van der Waals surface area contributed by atoms with Gasteiger partial charge < -0.3 is 13.9 Å². The van der Waals surface area contributed by atoms with E-state index in [9.17, 15) is 0 Å². The van der Waals surface area contributed by atoms with Gasteiger partial charge in [-0.2, -0.15) is 0 Å². The second kappa shape index (κ2) is 8.56. The van der Waals surface area contributed by atoms with Crippen LogP contribution < -0.4 is 9.47 Å². The summed E-state index contributed by atoms with van der Waals surface area (Å²) in [6.45, 7) is 1.23. The Labute approximate surface area is 167 Å². The van der Waals surface area contributed by atoms with Crippen molar-refractivity contribution >= 4 is 23.8 Å². The minimum atomic E-state index is 0.308. The average Bonchev–Trinajstić information content (AvgIpc) is 3.03. The van der Waals surface area contributed by atoms with Crippen LogP contribution in [0.1, 0.15) is 5.56 Å². The summed E-state index contributed by atoms with van der Waals surface area (Å²) in [5.74, 6) is 1.67. The molecule has 27 heavy (non-hydrogen) atoms. The van der Waals surface area contributed by atoms with E-state index in [0.29, 0.717) is 28.9 Å². The van der Waals surface area contributed by atoms with E-state index in [1.54, 1.807) is 31.0 Å². The van der Waals surface area contributed by atoms with Gasteiger partial charge in [-0.3, -0.25) is 4.90 Å². The highest BCUT2D eigenvalue weighted by Crippen LogP contribution is 2.31. The highest BCUT2D eigenvalue weighted by molar-refractivity contribution is 7.71.